The van der Waals surface area contributed by atoms with Gasteiger partial charge in [-0.25, -0.2) is 8.42 Å². The molecule has 25 heavy (non-hydrogen) atoms. The van der Waals surface area contributed by atoms with E-state index >= 15 is 0 Å². The first-order valence-corrected chi connectivity index (χ1v) is 8.85. The van der Waals surface area contributed by atoms with Crippen molar-refractivity contribution in [3.63, 3.8) is 0 Å². The minimum atomic E-state index is -4.80. The number of benzene rings is 2. The molecular weight excluding hydrogens is 355 g/mol. The Labute approximate surface area is 144 Å². The summed E-state index contributed by atoms with van der Waals surface area (Å²) in [5.74, 6) is -0.422. The molecule has 0 aromatic heterocycles. The van der Waals surface area contributed by atoms with E-state index in [1.807, 2.05) is 19.9 Å². The van der Waals surface area contributed by atoms with Gasteiger partial charge in [0.25, 0.3) is 10.0 Å². The Morgan fingerprint density at radius 2 is 1.40 bits per heavy atom. The van der Waals surface area contributed by atoms with Crippen LogP contribution in [0.4, 0.5) is 18.9 Å². The lowest BCUT2D eigenvalue weighted by Crippen LogP contribution is -2.18. The second-order valence-electron chi connectivity index (χ2n) is 5.77. The highest BCUT2D eigenvalue weighted by Gasteiger charge is 2.31. The maximum Gasteiger partial charge on any atom is 0.573 e. The molecule has 0 aliphatic heterocycles. The largest absolute Gasteiger partial charge is 0.573 e. The normalized spacial score (nSPS) is 12.1. The minimum Gasteiger partial charge on any atom is -0.406 e. The summed E-state index contributed by atoms with van der Waals surface area (Å²) in [5.41, 5.74) is 3.10. The van der Waals surface area contributed by atoms with Gasteiger partial charge in [-0.3, -0.25) is 4.72 Å². The maximum absolute atomic E-state index is 12.7. The monoisotopic (exact) mass is 373 g/mol. The number of anilines is 1. The van der Waals surface area contributed by atoms with E-state index in [1.165, 1.54) is 12.1 Å². The number of halogens is 3. The molecule has 1 N–H and O–H groups in total. The first kappa shape index (κ1) is 19.1. The van der Waals surface area contributed by atoms with Crippen LogP contribution < -0.4 is 9.46 Å². The van der Waals surface area contributed by atoms with E-state index in [1.54, 1.807) is 13.8 Å². The van der Waals surface area contributed by atoms with E-state index < -0.39 is 22.1 Å². The van der Waals surface area contributed by atoms with Crippen molar-refractivity contribution in [2.24, 2.45) is 0 Å². The Balaban J connectivity index is 2.34. The third-order valence-corrected chi connectivity index (χ3v) is 5.56. The molecule has 0 amide bonds. The fourth-order valence-corrected chi connectivity index (χ4v) is 4.19. The number of hydrogen-bond donors (Lipinski definition) is 1. The van der Waals surface area contributed by atoms with Crippen LogP contribution in [0.25, 0.3) is 0 Å². The average Bonchev–Trinajstić information content (AvgIpc) is 2.45. The summed E-state index contributed by atoms with van der Waals surface area (Å²) in [5, 5.41) is 0. The number of hydrogen-bond acceptors (Lipinski definition) is 3. The summed E-state index contributed by atoms with van der Waals surface area (Å²) >= 11 is 0. The lowest BCUT2D eigenvalue weighted by atomic mass is 10.0. The zero-order chi connectivity index (χ0) is 19.0. The predicted octanol–water partition coefficient (Wildman–Crippen LogP) is 4.62. The molecule has 0 saturated carbocycles. The van der Waals surface area contributed by atoms with Gasteiger partial charge in [0.05, 0.1) is 4.90 Å². The minimum absolute atomic E-state index is 0.146. The third-order valence-electron chi connectivity index (χ3n) is 3.91. The van der Waals surface area contributed by atoms with E-state index in [0.717, 1.165) is 23.3 Å². The molecule has 0 atom stereocenters. The first-order valence-electron chi connectivity index (χ1n) is 7.37. The number of aryl methyl sites for hydroxylation is 2. The first-order chi connectivity index (χ1) is 11.4. The third kappa shape index (κ3) is 4.45. The fraction of sp³-hybridized carbons (Fsp3) is 0.294. The van der Waals surface area contributed by atoms with Crippen LogP contribution in [0.15, 0.2) is 35.2 Å². The van der Waals surface area contributed by atoms with Crippen LogP contribution in [-0.2, 0) is 10.0 Å². The molecule has 0 unspecified atom stereocenters. The molecule has 0 aliphatic carbocycles. The Bertz CT molecular complexity index is 863. The zero-order valence-electron chi connectivity index (χ0n) is 14.2. The SMILES string of the molecule is Cc1cc(C)c(C)c(S(=O)(=O)Nc2ccc(OC(F)(F)F)cc2)c1C. The lowest BCUT2D eigenvalue weighted by molar-refractivity contribution is -0.274. The second-order valence-corrected chi connectivity index (χ2v) is 7.39. The van der Waals surface area contributed by atoms with E-state index in [0.29, 0.717) is 11.1 Å². The molecule has 0 spiro atoms. The van der Waals surface area contributed by atoms with Gasteiger partial charge in [0.1, 0.15) is 5.75 Å². The molecule has 0 aliphatic rings. The van der Waals surface area contributed by atoms with Crippen LogP contribution in [0.5, 0.6) is 5.75 Å². The molecule has 136 valence electrons. The number of ether oxygens (including phenoxy) is 1. The number of sulfonamides is 1. The number of alkyl halides is 3. The van der Waals surface area contributed by atoms with Gasteiger partial charge in [-0.15, -0.1) is 13.2 Å². The van der Waals surface area contributed by atoms with E-state index in [9.17, 15) is 21.6 Å². The van der Waals surface area contributed by atoms with Crippen molar-refractivity contribution in [3.8, 4) is 5.75 Å². The molecule has 0 radical (unpaired) electrons. The molecule has 2 rings (SSSR count). The summed E-state index contributed by atoms with van der Waals surface area (Å²) in [7, 11) is -3.88. The Morgan fingerprint density at radius 3 is 1.84 bits per heavy atom. The molecule has 0 heterocycles. The molecule has 0 bridgehead atoms. The quantitative estimate of drug-likeness (QED) is 0.851. The summed E-state index contributed by atoms with van der Waals surface area (Å²) < 4.78 is 68.1. The Kier molecular flexibility index (Phi) is 5.04. The molecule has 0 saturated heterocycles. The topological polar surface area (TPSA) is 55.4 Å². The van der Waals surface area contributed by atoms with Gasteiger partial charge in [-0.05, 0) is 74.2 Å². The van der Waals surface area contributed by atoms with Gasteiger partial charge in [-0.2, -0.15) is 0 Å². The fourth-order valence-electron chi connectivity index (χ4n) is 2.51. The van der Waals surface area contributed by atoms with Crippen molar-refractivity contribution < 1.29 is 26.3 Å². The van der Waals surface area contributed by atoms with Crippen LogP contribution in [-0.4, -0.2) is 14.8 Å². The van der Waals surface area contributed by atoms with Gasteiger partial charge in [0.2, 0.25) is 0 Å². The van der Waals surface area contributed by atoms with Gasteiger partial charge >= 0.3 is 6.36 Å². The maximum atomic E-state index is 12.7. The van der Waals surface area contributed by atoms with Crippen molar-refractivity contribution in [2.45, 2.75) is 39.0 Å². The van der Waals surface area contributed by atoms with Gasteiger partial charge in [0, 0.05) is 5.69 Å². The van der Waals surface area contributed by atoms with Gasteiger partial charge < -0.3 is 4.74 Å². The Morgan fingerprint density at radius 1 is 0.920 bits per heavy atom. The van der Waals surface area contributed by atoms with E-state index in [2.05, 4.69) is 9.46 Å². The smallest absolute Gasteiger partial charge is 0.406 e. The summed E-state index contributed by atoms with van der Waals surface area (Å²) in [4.78, 5) is 0.181. The van der Waals surface area contributed by atoms with Crippen LogP contribution >= 0.6 is 0 Å². The average molecular weight is 373 g/mol. The highest BCUT2D eigenvalue weighted by molar-refractivity contribution is 7.92. The lowest BCUT2D eigenvalue weighted by Gasteiger charge is -2.17. The summed E-state index contributed by atoms with van der Waals surface area (Å²) in [6.07, 6.45) is -4.80. The van der Waals surface area contributed by atoms with Gasteiger partial charge in [0.15, 0.2) is 0 Å². The number of nitrogens with one attached hydrogen (secondary N) is 1. The van der Waals surface area contributed by atoms with Crippen LogP contribution in [0.1, 0.15) is 22.3 Å². The molecule has 8 heteroatoms. The van der Waals surface area contributed by atoms with E-state index in [4.69, 9.17) is 0 Å². The molecule has 0 fully saturated rings. The van der Waals surface area contributed by atoms with Crippen LogP contribution in [0, 0.1) is 27.7 Å². The predicted molar refractivity (Wildman–Crippen MR) is 89.3 cm³/mol. The van der Waals surface area contributed by atoms with Gasteiger partial charge in [-0.1, -0.05) is 6.07 Å². The van der Waals surface area contributed by atoms with Crippen LogP contribution in [0.2, 0.25) is 0 Å². The number of rotatable bonds is 4. The molecule has 4 nitrogen and oxygen atoms in total. The standard InChI is InChI=1S/C17H18F3NO3S/c1-10-9-11(2)13(4)16(12(10)3)25(22,23)21-14-5-7-15(8-6-14)24-17(18,19)20/h5-9,21H,1-4H3. The van der Waals surface area contributed by atoms with Crippen molar-refractivity contribution in [1.29, 1.82) is 0 Å². The van der Waals surface area contributed by atoms with Crippen molar-refractivity contribution in [2.75, 3.05) is 4.72 Å². The summed E-state index contributed by atoms with van der Waals surface area (Å²) in [6, 6.07) is 6.43. The zero-order valence-corrected chi connectivity index (χ0v) is 15.0. The highest BCUT2D eigenvalue weighted by atomic mass is 32.2. The Hall–Kier alpha value is -2.22. The van der Waals surface area contributed by atoms with Crippen LogP contribution in [0.3, 0.4) is 0 Å². The van der Waals surface area contributed by atoms with E-state index in [-0.39, 0.29) is 10.6 Å². The second kappa shape index (κ2) is 6.59. The molecular formula is C17H18F3NO3S. The van der Waals surface area contributed by atoms with Crippen molar-refractivity contribution in [3.05, 3.63) is 52.6 Å². The molecule has 2 aromatic rings. The van der Waals surface area contributed by atoms with Crippen molar-refractivity contribution >= 4 is 15.7 Å². The molecule has 2 aromatic carbocycles. The van der Waals surface area contributed by atoms with Crippen molar-refractivity contribution in [1.82, 2.24) is 0 Å². The highest BCUT2D eigenvalue weighted by Crippen LogP contribution is 2.29. The summed E-state index contributed by atoms with van der Waals surface area (Å²) in [6.45, 7) is 7.08.